The van der Waals surface area contributed by atoms with Gasteiger partial charge in [-0.15, -0.1) is 0 Å². The first-order valence-electron chi connectivity index (χ1n) is 5.95. The molecule has 0 fully saturated rings. The minimum absolute atomic E-state index is 0.347. The third-order valence-electron chi connectivity index (χ3n) is 3.30. The molecule has 1 heterocycles. The van der Waals surface area contributed by atoms with Gasteiger partial charge in [0.25, 0.3) is 0 Å². The molecule has 1 unspecified atom stereocenters. The van der Waals surface area contributed by atoms with Crippen molar-refractivity contribution in [3.8, 4) is 0 Å². The quantitative estimate of drug-likeness (QED) is 0.860. The van der Waals surface area contributed by atoms with Crippen molar-refractivity contribution < 1.29 is 4.74 Å². The van der Waals surface area contributed by atoms with Crippen molar-refractivity contribution in [2.45, 2.75) is 18.9 Å². The highest BCUT2D eigenvalue weighted by Crippen LogP contribution is 2.38. The molecule has 18 heavy (non-hydrogen) atoms. The van der Waals surface area contributed by atoms with E-state index in [0.717, 1.165) is 17.9 Å². The minimum atomic E-state index is 0.347. The molecule has 1 N–H and O–H groups in total. The van der Waals surface area contributed by atoms with Crippen molar-refractivity contribution in [2.24, 2.45) is 0 Å². The maximum Gasteiger partial charge on any atom is 0.130 e. The van der Waals surface area contributed by atoms with E-state index >= 15 is 0 Å². The van der Waals surface area contributed by atoms with Crippen LogP contribution in [0.4, 0.5) is 0 Å². The summed E-state index contributed by atoms with van der Waals surface area (Å²) in [7, 11) is 1.68. The van der Waals surface area contributed by atoms with Crippen LogP contribution in [0.15, 0.2) is 30.3 Å². The summed E-state index contributed by atoms with van der Waals surface area (Å²) in [6.45, 7) is 0.535. The molecule has 0 aliphatic heterocycles. The molecule has 4 heteroatoms. The van der Waals surface area contributed by atoms with Crippen LogP contribution in [0, 0.1) is 4.64 Å². The predicted molar refractivity (Wildman–Crippen MR) is 72.1 cm³/mol. The Morgan fingerprint density at radius 3 is 3.06 bits per heavy atom. The molecule has 0 radical (unpaired) electrons. The zero-order valence-electron chi connectivity index (χ0n) is 10.1. The van der Waals surface area contributed by atoms with Gasteiger partial charge in [-0.3, -0.25) is 0 Å². The normalized spacial score (nSPS) is 17.1. The Morgan fingerprint density at radius 1 is 1.44 bits per heavy atom. The van der Waals surface area contributed by atoms with Crippen molar-refractivity contribution in [1.29, 1.82) is 0 Å². The standard InChI is InChI=1S/C14H14N2OS/c1-17-8-10-7-13(18)16-14(15-10)12-6-9-4-2-3-5-11(9)12/h2-5,7,12H,6,8H2,1H3,(H,15,16,18). The first-order valence-corrected chi connectivity index (χ1v) is 6.35. The Labute approximate surface area is 111 Å². The monoisotopic (exact) mass is 258 g/mol. The SMILES string of the molecule is COCc1cc(=S)nc(C2Cc3ccccc32)[nH]1. The topological polar surface area (TPSA) is 37.9 Å². The lowest BCUT2D eigenvalue weighted by Gasteiger charge is -2.29. The lowest BCUT2D eigenvalue weighted by Crippen LogP contribution is -2.21. The van der Waals surface area contributed by atoms with Gasteiger partial charge in [0.05, 0.1) is 6.61 Å². The van der Waals surface area contributed by atoms with Gasteiger partial charge in [0.15, 0.2) is 0 Å². The van der Waals surface area contributed by atoms with Crippen LogP contribution in [0.25, 0.3) is 0 Å². The lowest BCUT2D eigenvalue weighted by molar-refractivity contribution is 0.181. The molecule has 0 saturated carbocycles. The van der Waals surface area contributed by atoms with Crippen molar-refractivity contribution in [3.05, 3.63) is 57.6 Å². The fraction of sp³-hybridized carbons (Fsp3) is 0.286. The number of aromatic nitrogens is 2. The van der Waals surface area contributed by atoms with Crippen LogP contribution in [0.1, 0.15) is 28.6 Å². The van der Waals surface area contributed by atoms with Gasteiger partial charge >= 0.3 is 0 Å². The number of fused-ring (bicyclic) bond motifs is 1. The number of hydrogen-bond donors (Lipinski definition) is 1. The average Bonchev–Trinajstić information content (AvgIpc) is 2.30. The van der Waals surface area contributed by atoms with E-state index in [2.05, 4.69) is 34.2 Å². The number of nitrogens with one attached hydrogen (secondary N) is 1. The van der Waals surface area contributed by atoms with Gasteiger partial charge in [0.1, 0.15) is 10.5 Å². The molecule has 1 aliphatic rings. The highest BCUT2D eigenvalue weighted by molar-refractivity contribution is 7.71. The number of H-pyrrole nitrogens is 1. The molecule has 1 aliphatic carbocycles. The van der Waals surface area contributed by atoms with Crippen LogP contribution in [-0.4, -0.2) is 17.1 Å². The van der Waals surface area contributed by atoms with Crippen LogP contribution in [0.2, 0.25) is 0 Å². The summed E-state index contributed by atoms with van der Waals surface area (Å²) in [4.78, 5) is 7.77. The van der Waals surface area contributed by atoms with Gasteiger partial charge in [-0.1, -0.05) is 36.5 Å². The van der Waals surface area contributed by atoms with Gasteiger partial charge in [0, 0.05) is 18.7 Å². The summed E-state index contributed by atoms with van der Waals surface area (Å²) in [5.41, 5.74) is 3.74. The number of aromatic amines is 1. The highest BCUT2D eigenvalue weighted by atomic mass is 32.1. The molecule has 0 amide bonds. The maximum absolute atomic E-state index is 5.20. The van der Waals surface area contributed by atoms with Crippen LogP contribution in [-0.2, 0) is 17.8 Å². The number of methoxy groups -OCH3 is 1. The van der Waals surface area contributed by atoms with Gasteiger partial charge < -0.3 is 9.72 Å². The highest BCUT2D eigenvalue weighted by Gasteiger charge is 2.28. The smallest absolute Gasteiger partial charge is 0.130 e. The van der Waals surface area contributed by atoms with Gasteiger partial charge in [0.2, 0.25) is 0 Å². The largest absolute Gasteiger partial charge is 0.378 e. The van der Waals surface area contributed by atoms with E-state index < -0.39 is 0 Å². The van der Waals surface area contributed by atoms with Crippen LogP contribution in [0.5, 0.6) is 0 Å². The summed E-state index contributed by atoms with van der Waals surface area (Å²) in [6.07, 6.45) is 1.03. The molecule has 2 aromatic rings. The molecular formula is C14H14N2OS. The Kier molecular flexibility index (Phi) is 2.97. The number of benzene rings is 1. The fourth-order valence-electron chi connectivity index (χ4n) is 2.43. The third-order valence-corrected chi connectivity index (χ3v) is 3.51. The van der Waals surface area contributed by atoms with E-state index in [-0.39, 0.29) is 0 Å². The Balaban J connectivity index is 1.97. The molecule has 1 aromatic heterocycles. The second-order valence-corrected chi connectivity index (χ2v) is 4.94. The van der Waals surface area contributed by atoms with E-state index in [1.807, 2.05) is 6.07 Å². The second-order valence-electron chi connectivity index (χ2n) is 4.52. The molecule has 1 atom stereocenters. The number of ether oxygens (including phenoxy) is 1. The Morgan fingerprint density at radius 2 is 2.28 bits per heavy atom. The number of nitrogens with zero attached hydrogens (tertiary/aromatic N) is 1. The zero-order chi connectivity index (χ0) is 12.5. The third kappa shape index (κ3) is 1.98. The Bertz CT molecular complexity index is 636. The van der Waals surface area contributed by atoms with Gasteiger partial charge in [-0.05, 0) is 23.6 Å². The molecule has 3 nitrogen and oxygen atoms in total. The Hall–Kier alpha value is -1.52. The molecule has 0 saturated heterocycles. The van der Waals surface area contributed by atoms with Crippen molar-refractivity contribution in [3.63, 3.8) is 0 Å². The van der Waals surface area contributed by atoms with Crippen LogP contribution in [0.3, 0.4) is 0 Å². The second kappa shape index (κ2) is 4.63. The number of rotatable bonds is 3. The molecule has 3 rings (SSSR count). The van der Waals surface area contributed by atoms with Crippen molar-refractivity contribution >= 4 is 12.2 Å². The van der Waals surface area contributed by atoms with Crippen LogP contribution >= 0.6 is 12.2 Å². The average molecular weight is 258 g/mol. The van der Waals surface area contributed by atoms with Gasteiger partial charge in [-0.2, -0.15) is 0 Å². The van der Waals surface area contributed by atoms with Crippen LogP contribution < -0.4 is 0 Å². The molecule has 0 spiro atoms. The van der Waals surface area contributed by atoms with Crippen molar-refractivity contribution in [2.75, 3.05) is 7.11 Å². The van der Waals surface area contributed by atoms with E-state index in [1.165, 1.54) is 11.1 Å². The summed E-state index contributed by atoms with van der Waals surface area (Å²) in [5.74, 6) is 1.30. The molecule has 1 aromatic carbocycles. The number of hydrogen-bond acceptors (Lipinski definition) is 3. The lowest BCUT2D eigenvalue weighted by atomic mass is 9.77. The summed E-state index contributed by atoms with van der Waals surface area (Å²) < 4.78 is 5.76. The zero-order valence-corrected chi connectivity index (χ0v) is 11.0. The van der Waals surface area contributed by atoms with E-state index in [1.54, 1.807) is 7.11 Å². The molecule has 0 bridgehead atoms. The van der Waals surface area contributed by atoms with E-state index in [9.17, 15) is 0 Å². The summed E-state index contributed by atoms with van der Waals surface area (Å²) in [5, 5.41) is 0. The van der Waals surface area contributed by atoms with E-state index in [4.69, 9.17) is 17.0 Å². The van der Waals surface area contributed by atoms with Gasteiger partial charge in [-0.25, -0.2) is 4.98 Å². The molecule has 92 valence electrons. The summed E-state index contributed by atoms with van der Waals surface area (Å²) in [6, 6.07) is 10.3. The summed E-state index contributed by atoms with van der Waals surface area (Å²) >= 11 is 5.20. The minimum Gasteiger partial charge on any atom is -0.378 e. The predicted octanol–water partition coefficient (Wildman–Crippen LogP) is 2.97. The maximum atomic E-state index is 5.20. The van der Waals surface area contributed by atoms with E-state index in [0.29, 0.717) is 17.2 Å². The first kappa shape index (κ1) is 11.6. The molecular weight excluding hydrogens is 244 g/mol. The first-order chi connectivity index (χ1) is 8.78. The fourth-order valence-corrected chi connectivity index (χ4v) is 2.67. The van der Waals surface area contributed by atoms with Crippen molar-refractivity contribution in [1.82, 2.24) is 9.97 Å².